The molecule has 0 spiro atoms. The van der Waals surface area contributed by atoms with Gasteiger partial charge in [0.2, 0.25) is 0 Å². The highest BCUT2D eigenvalue weighted by Gasteiger charge is 2.20. The van der Waals surface area contributed by atoms with Crippen molar-refractivity contribution in [2.75, 3.05) is 13.2 Å². The first kappa shape index (κ1) is 17.7. The maximum Gasteiger partial charge on any atom is 0.339 e. The summed E-state index contributed by atoms with van der Waals surface area (Å²) in [6, 6.07) is 4.85. The third kappa shape index (κ3) is 5.87. The van der Waals surface area contributed by atoms with Gasteiger partial charge in [0.05, 0.1) is 24.3 Å². The topological polar surface area (TPSA) is 52.6 Å². The molecule has 1 aromatic carbocycles. The van der Waals surface area contributed by atoms with Gasteiger partial charge in [0, 0.05) is 4.47 Å². The largest absolute Gasteiger partial charge is 0.462 e. The van der Waals surface area contributed by atoms with Gasteiger partial charge in [0.25, 0.3) is 0 Å². The number of halogens is 1. The van der Waals surface area contributed by atoms with Gasteiger partial charge in [-0.05, 0) is 30.0 Å². The molecule has 0 fully saturated rings. The lowest BCUT2D eigenvalue weighted by molar-refractivity contribution is 0.0412. The fourth-order valence-electron chi connectivity index (χ4n) is 1.50. The quantitative estimate of drug-likeness (QED) is 0.720. The number of benzene rings is 1. The smallest absolute Gasteiger partial charge is 0.339 e. The first-order chi connectivity index (χ1) is 9.81. The summed E-state index contributed by atoms with van der Waals surface area (Å²) in [5.74, 6) is -0.549. The number of carbonyl (C=O) groups excluding carboxylic acids is 2. The molecule has 116 valence electrons. The highest BCUT2D eigenvalue weighted by molar-refractivity contribution is 9.10. The number of esters is 2. The first-order valence-corrected chi connectivity index (χ1v) is 7.74. The molecule has 21 heavy (non-hydrogen) atoms. The fraction of sp³-hybridized carbons (Fsp3) is 0.500. The molecule has 5 heteroatoms. The molecule has 0 radical (unpaired) electrons. The average Bonchev–Trinajstić information content (AvgIpc) is 2.41. The van der Waals surface area contributed by atoms with E-state index in [9.17, 15) is 9.59 Å². The Morgan fingerprint density at radius 1 is 0.952 bits per heavy atom. The van der Waals surface area contributed by atoms with Crippen LogP contribution in [0, 0.1) is 11.8 Å². The van der Waals surface area contributed by atoms with E-state index in [4.69, 9.17) is 9.47 Å². The monoisotopic (exact) mass is 356 g/mol. The second-order valence-electron chi connectivity index (χ2n) is 5.67. The highest BCUT2D eigenvalue weighted by atomic mass is 79.9. The van der Waals surface area contributed by atoms with Gasteiger partial charge in [-0.25, -0.2) is 9.59 Å². The molecule has 0 N–H and O–H groups in total. The van der Waals surface area contributed by atoms with Crippen LogP contribution in [0.4, 0.5) is 0 Å². The van der Waals surface area contributed by atoms with Crippen molar-refractivity contribution in [2.45, 2.75) is 27.7 Å². The van der Waals surface area contributed by atoms with Crippen molar-refractivity contribution in [3.63, 3.8) is 0 Å². The maximum atomic E-state index is 12.1. The zero-order valence-corrected chi connectivity index (χ0v) is 14.4. The van der Waals surface area contributed by atoms with E-state index in [2.05, 4.69) is 15.9 Å². The molecule has 0 aliphatic rings. The van der Waals surface area contributed by atoms with Crippen LogP contribution in [0.25, 0.3) is 0 Å². The van der Waals surface area contributed by atoms with Crippen molar-refractivity contribution in [1.82, 2.24) is 0 Å². The molecule has 4 nitrogen and oxygen atoms in total. The van der Waals surface area contributed by atoms with Gasteiger partial charge < -0.3 is 9.47 Å². The molecular weight excluding hydrogens is 336 g/mol. The second-order valence-corrected chi connectivity index (χ2v) is 6.59. The molecule has 0 saturated carbocycles. The third-order valence-electron chi connectivity index (χ3n) is 2.52. The van der Waals surface area contributed by atoms with Gasteiger partial charge in [-0.2, -0.15) is 0 Å². The molecule has 0 aliphatic carbocycles. The zero-order chi connectivity index (χ0) is 16.0. The lowest BCUT2D eigenvalue weighted by Gasteiger charge is -2.12. The van der Waals surface area contributed by atoms with E-state index in [1.807, 2.05) is 27.7 Å². The van der Waals surface area contributed by atoms with Crippen molar-refractivity contribution >= 4 is 27.9 Å². The Labute approximate surface area is 133 Å². The molecule has 0 saturated heterocycles. The van der Waals surface area contributed by atoms with E-state index in [0.717, 1.165) is 0 Å². The van der Waals surface area contributed by atoms with Crippen molar-refractivity contribution in [3.05, 3.63) is 33.8 Å². The molecule has 0 amide bonds. The van der Waals surface area contributed by atoms with Crippen molar-refractivity contribution in [1.29, 1.82) is 0 Å². The molecule has 0 aliphatic heterocycles. The van der Waals surface area contributed by atoms with E-state index < -0.39 is 11.9 Å². The van der Waals surface area contributed by atoms with E-state index in [1.165, 1.54) is 0 Å². The summed E-state index contributed by atoms with van der Waals surface area (Å²) in [5, 5.41) is 0. The van der Waals surface area contributed by atoms with Crippen LogP contribution in [0.2, 0.25) is 0 Å². The lowest BCUT2D eigenvalue weighted by atomic mass is 10.1. The van der Waals surface area contributed by atoms with Crippen LogP contribution in [0.15, 0.2) is 22.7 Å². The normalized spacial score (nSPS) is 10.8. The molecule has 0 atom stereocenters. The molecule has 1 rings (SSSR count). The summed E-state index contributed by atoms with van der Waals surface area (Å²) in [6.07, 6.45) is 0. The van der Waals surface area contributed by atoms with Crippen LogP contribution in [0.5, 0.6) is 0 Å². The Morgan fingerprint density at radius 3 is 1.90 bits per heavy atom. The Bertz CT molecular complexity index is 509. The Hall–Kier alpha value is -1.36. The van der Waals surface area contributed by atoms with Crippen molar-refractivity contribution in [2.24, 2.45) is 11.8 Å². The predicted octanol–water partition coefficient (Wildman–Crippen LogP) is 4.07. The third-order valence-corrected chi connectivity index (χ3v) is 3.01. The lowest BCUT2D eigenvalue weighted by Crippen LogP contribution is -2.17. The molecule has 1 aromatic rings. The van der Waals surface area contributed by atoms with Crippen LogP contribution >= 0.6 is 15.9 Å². The van der Waals surface area contributed by atoms with E-state index in [1.54, 1.807) is 18.2 Å². The van der Waals surface area contributed by atoms with E-state index >= 15 is 0 Å². The molecule has 0 heterocycles. The van der Waals surface area contributed by atoms with Gasteiger partial charge >= 0.3 is 11.9 Å². The van der Waals surface area contributed by atoms with Crippen LogP contribution in [0.3, 0.4) is 0 Å². The molecule has 0 bridgehead atoms. The van der Waals surface area contributed by atoms with Crippen LogP contribution < -0.4 is 0 Å². The number of carbonyl (C=O) groups is 2. The summed E-state index contributed by atoms with van der Waals surface area (Å²) in [4.78, 5) is 24.2. The minimum Gasteiger partial charge on any atom is -0.462 e. The van der Waals surface area contributed by atoms with Gasteiger partial charge in [0.15, 0.2) is 0 Å². The Kier molecular flexibility index (Phi) is 6.89. The van der Waals surface area contributed by atoms with Gasteiger partial charge in [0.1, 0.15) is 0 Å². The summed E-state index contributed by atoms with van der Waals surface area (Å²) in [6.45, 7) is 8.43. The van der Waals surface area contributed by atoms with E-state index in [-0.39, 0.29) is 23.0 Å². The summed E-state index contributed by atoms with van der Waals surface area (Å²) in [7, 11) is 0. The minimum absolute atomic E-state index is 0.221. The van der Waals surface area contributed by atoms with Crippen LogP contribution in [0.1, 0.15) is 48.4 Å². The Morgan fingerprint density at radius 2 is 1.43 bits per heavy atom. The number of ether oxygens (including phenoxy) is 2. The summed E-state index contributed by atoms with van der Waals surface area (Å²) in [5.41, 5.74) is 0.450. The highest BCUT2D eigenvalue weighted by Crippen LogP contribution is 2.19. The van der Waals surface area contributed by atoms with Gasteiger partial charge in [-0.1, -0.05) is 43.6 Å². The SMILES string of the molecule is CC(C)COC(=O)c1ccc(Br)cc1C(=O)OCC(C)C. The second kappa shape index (κ2) is 8.17. The first-order valence-electron chi connectivity index (χ1n) is 6.95. The standard InChI is InChI=1S/C16H21BrO4/c1-10(2)8-20-15(18)13-6-5-12(17)7-14(13)16(19)21-9-11(3)4/h5-7,10-11H,8-9H2,1-4H3. The number of hydrogen-bond donors (Lipinski definition) is 0. The van der Waals surface area contributed by atoms with Crippen molar-refractivity contribution in [3.8, 4) is 0 Å². The maximum absolute atomic E-state index is 12.1. The summed E-state index contributed by atoms with van der Waals surface area (Å²) < 4.78 is 11.1. The fourth-order valence-corrected chi connectivity index (χ4v) is 1.86. The molecular formula is C16H21BrO4. The van der Waals surface area contributed by atoms with Gasteiger partial charge in [-0.15, -0.1) is 0 Å². The minimum atomic E-state index is -0.513. The zero-order valence-electron chi connectivity index (χ0n) is 12.8. The molecule has 0 aromatic heterocycles. The summed E-state index contributed by atoms with van der Waals surface area (Å²) >= 11 is 3.30. The molecule has 0 unspecified atom stereocenters. The Balaban J connectivity index is 2.93. The average molecular weight is 357 g/mol. The number of hydrogen-bond acceptors (Lipinski definition) is 4. The van der Waals surface area contributed by atoms with Crippen molar-refractivity contribution < 1.29 is 19.1 Å². The van der Waals surface area contributed by atoms with E-state index in [0.29, 0.717) is 17.7 Å². The van der Waals surface area contributed by atoms with Gasteiger partial charge in [-0.3, -0.25) is 0 Å². The van der Waals surface area contributed by atoms with Crippen LogP contribution in [-0.2, 0) is 9.47 Å². The predicted molar refractivity (Wildman–Crippen MR) is 84.4 cm³/mol. The number of rotatable bonds is 6. The van der Waals surface area contributed by atoms with Crippen LogP contribution in [-0.4, -0.2) is 25.2 Å².